The second-order valence-corrected chi connectivity index (χ2v) is 6.28. The Balaban J connectivity index is 1.95. The Hall–Kier alpha value is -3.43. The van der Waals surface area contributed by atoms with Crippen molar-refractivity contribution in [1.29, 1.82) is 0 Å². The quantitative estimate of drug-likeness (QED) is 0.389. The van der Waals surface area contributed by atoms with E-state index in [4.69, 9.17) is 9.84 Å². The molecule has 1 amide bonds. The van der Waals surface area contributed by atoms with Gasteiger partial charge in [-0.15, -0.1) is 0 Å². The zero-order valence-electron chi connectivity index (χ0n) is 14.9. The van der Waals surface area contributed by atoms with Gasteiger partial charge in [-0.25, -0.2) is 0 Å². The van der Waals surface area contributed by atoms with Crippen molar-refractivity contribution in [1.82, 2.24) is 9.78 Å². The predicted octanol–water partition coefficient (Wildman–Crippen LogP) is 2.41. The number of nitrogens with zero attached hydrogens (tertiary/aromatic N) is 3. The SMILES string of the molecule is CC(C)(C(=O)Nc1ccc(OCCCC(=O)O)cc1)n1cc([N+](=O)[O-])cn1. The zero-order valence-corrected chi connectivity index (χ0v) is 14.9. The summed E-state index contributed by atoms with van der Waals surface area (Å²) in [5, 5.41) is 26.0. The lowest BCUT2D eigenvalue weighted by molar-refractivity contribution is -0.385. The van der Waals surface area contributed by atoms with Gasteiger partial charge in [0.05, 0.1) is 11.5 Å². The summed E-state index contributed by atoms with van der Waals surface area (Å²) in [5.41, 5.74) is -0.812. The molecule has 0 bridgehead atoms. The van der Waals surface area contributed by atoms with Crippen LogP contribution in [0.2, 0.25) is 0 Å². The number of nitrogens with one attached hydrogen (secondary N) is 1. The fourth-order valence-electron chi connectivity index (χ4n) is 2.15. The maximum absolute atomic E-state index is 12.5. The van der Waals surface area contributed by atoms with Crippen molar-refractivity contribution < 1.29 is 24.4 Å². The number of carboxylic acids is 1. The van der Waals surface area contributed by atoms with Crippen LogP contribution in [-0.2, 0) is 15.1 Å². The smallest absolute Gasteiger partial charge is 0.307 e. The van der Waals surface area contributed by atoms with Gasteiger partial charge in [-0.3, -0.25) is 24.4 Å². The number of carbonyl (C=O) groups is 2. The molecule has 2 aromatic rings. The monoisotopic (exact) mass is 376 g/mol. The number of benzene rings is 1. The minimum absolute atomic E-state index is 0.0365. The first-order valence-corrected chi connectivity index (χ1v) is 8.16. The number of nitro groups is 1. The van der Waals surface area contributed by atoms with Crippen LogP contribution in [0, 0.1) is 10.1 Å². The molecule has 0 aliphatic heterocycles. The Bertz CT molecular complexity index is 828. The predicted molar refractivity (Wildman–Crippen MR) is 95.6 cm³/mol. The van der Waals surface area contributed by atoms with Crippen molar-refractivity contribution in [3.8, 4) is 5.75 Å². The molecular weight excluding hydrogens is 356 g/mol. The van der Waals surface area contributed by atoms with E-state index in [1.165, 1.54) is 10.9 Å². The van der Waals surface area contributed by atoms with Crippen LogP contribution in [0.4, 0.5) is 11.4 Å². The number of carbonyl (C=O) groups excluding carboxylic acids is 1. The number of anilines is 1. The van der Waals surface area contributed by atoms with Crippen molar-refractivity contribution in [3.05, 3.63) is 46.8 Å². The summed E-state index contributed by atoms with van der Waals surface area (Å²) in [6.45, 7) is 3.47. The number of aromatic nitrogens is 2. The third-order valence-electron chi connectivity index (χ3n) is 3.82. The highest BCUT2D eigenvalue weighted by Crippen LogP contribution is 2.22. The largest absolute Gasteiger partial charge is 0.494 e. The van der Waals surface area contributed by atoms with Crippen LogP contribution in [0.15, 0.2) is 36.7 Å². The van der Waals surface area contributed by atoms with Crippen molar-refractivity contribution in [2.75, 3.05) is 11.9 Å². The summed E-state index contributed by atoms with van der Waals surface area (Å²) in [7, 11) is 0. The molecule has 0 saturated carbocycles. The lowest BCUT2D eigenvalue weighted by Gasteiger charge is -2.23. The fourth-order valence-corrected chi connectivity index (χ4v) is 2.15. The third-order valence-corrected chi connectivity index (χ3v) is 3.82. The van der Waals surface area contributed by atoms with Crippen LogP contribution >= 0.6 is 0 Å². The molecule has 2 N–H and O–H groups in total. The molecule has 0 saturated heterocycles. The normalized spacial score (nSPS) is 11.0. The van der Waals surface area contributed by atoms with Crippen LogP contribution in [0.5, 0.6) is 5.75 Å². The number of hydrogen-bond acceptors (Lipinski definition) is 6. The van der Waals surface area contributed by atoms with E-state index in [0.29, 0.717) is 17.9 Å². The molecule has 10 heteroatoms. The van der Waals surface area contributed by atoms with Crippen molar-refractivity contribution in [3.63, 3.8) is 0 Å². The highest BCUT2D eigenvalue weighted by atomic mass is 16.6. The van der Waals surface area contributed by atoms with Gasteiger partial charge in [0, 0.05) is 12.1 Å². The van der Waals surface area contributed by atoms with Gasteiger partial charge in [0.15, 0.2) is 0 Å². The molecular formula is C17H20N4O6. The summed E-state index contributed by atoms with van der Waals surface area (Å²) in [5.74, 6) is -0.710. The number of hydrogen-bond donors (Lipinski definition) is 2. The minimum Gasteiger partial charge on any atom is -0.494 e. The van der Waals surface area contributed by atoms with E-state index in [9.17, 15) is 19.7 Å². The van der Waals surface area contributed by atoms with E-state index in [1.54, 1.807) is 38.1 Å². The zero-order chi connectivity index (χ0) is 20.0. The Morgan fingerprint density at radius 1 is 1.33 bits per heavy atom. The second kappa shape index (κ2) is 8.30. The van der Waals surface area contributed by atoms with E-state index >= 15 is 0 Å². The topological polar surface area (TPSA) is 137 Å². The maximum Gasteiger partial charge on any atom is 0.307 e. The van der Waals surface area contributed by atoms with Gasteiger partial charge >= 0.3 is 11.7 Å². The summed E-state index contributed by atoms with van der Waals surface area (Å²) in [6.07, 6.45) is 2.73. The standard InChI is InChI=1S/C17H20N4O6/c1-17(2,20-11-13(10-18-20)21(25)26)16(24)19-12-5-7-14(8-6-12)27-9-3-4-15(22)23/h5-8,10-11H,3-4,9H2,1-2H3,(H,19,24)(H,22,23). The molecule has 2 rings (SSSR count). The van der Waals surface area contributed by atoms with E-state index < -0.39 is 22.3 Å². The molecule has 10 nitrogen and oxygen atoms in total. The Labute approximate surface area is 154 Å². The number of amides is 1. The van der Waals surface area contributed by atoms with Crippen molar-refractivity contribution >= 4 is 23.3 Å². The fraction of sp³-hybridized carbons (Fsp3) is 0.353. The lowest BCUT2D eigenvalue weighted by Crippen LogP contribution is -2.40. The molecule has 1 aromatic carbocycles. The molecule has 0 aliphatic rings. The number of rotatable bonds is 9. The van der Waals surface area contributed by atoms with E-state index in [2.05, 4.69) is 10.4 Å². The first-order chi connectivity index (χ1) is 12.7. The van der Waals surface area contributed by atoms with Gasteiger partial charge in [0.1, 0.15) is 23.7 Å². The van der Waals surface area contributed by atoms with Crippen LogP contribution in [-0.4, -0.2) is 38.3 Å². The van der Waals surface area contributed by atoms with Gasteiger partial charge in [-0.1, -0.05) is 0 Å². The van der Waals surface area contributed by atoms with Crippen LogP contribution in [0.3, 0.4) is 0 Å². The van der Waals surface area contributed by atoms with Gasteiger partial charge in [-0.2, -0.15) is 5.10 Å². The molecule has 27 heavy (non-hydrogen) atoms. The summed E-state index contributed by atoms with van der Waals surface area (Å²) >= 11 is 0. The molecule has 0 spiro atoms. The van der Waals surface area contributed by atoms with Crippen molar-refractivity contribution in [2.45, 2.75) is 32.2 Å². The summed E-state index contributed by atoms with van der Waals surface area (Å²) in [6, 6.07) is 6.60. The average molecular weight is 376 g/mol. The number of carboxylic acid groups (broad SMARTS) is 1. The third kappa shape index (κ3) is 5.27. The number of ether oxygens (including phenoxy) is 1. The lowest BCUT2D eigenvalue weighted by atomic mass is 10.0. The molecule has 144 valence electrons. The van der Waals surface area contributed by atoms with Gasteiger partial charge in [0.2, 0.25) is 0 Å². The Kier molecular flexibility index (Phi) is 6.11. The second-order valence-electron chi connectivity index (χ2n) is 6.28. The minimum atomic E-state index is -1.14. The summed E-state index contributed by atoms with van der Waals surface area (Å²) in [4.78, 5) is 33.2. The van der Waals surface area contributed by atoms with Gasteiger partial charge in [-0.05, 0) is 44.5 Å². The average Bonchev–Trinajstić information content (AvgIpc) is 3.11. The highest BCUT2D eigenvalue weighted by Gasteiger charge is 2.32. The van der Waals surface area contributed by atoms with Crippen LogP contribution in [0.1, 0.15) is 26.7 Å². The Morgan fingerprint density at radius 3 is 2.56 bits per heavy atom. The van der Waals surface area contributed by atoms with E-state index in [0.717, 1.165) is 6.20 Å². The van der Waals surface area contributed by atoms with E-state index in [-0.39, 0.29) is 18.7 Å². The van der Waals surface area contributed by atoms with Crippen LogP contribution in [0.25, 0.3) is 0 Å². The molecule has 0 atom stereocenters. The van der Waals surface area contributed by atoms with E-state index in [1.807, 2.05) is 0 Å². The van der Waals surface area contributed by atoms with Gasteiger partial charge in [0.25, 0.3) is 5.91 Å². The molecule has 0 unspecified atom stereocenters. The Morgan fingerprint density at radius 2 is 2.00 bits per heavy atom. The van der Waals surface area contributed by atoms with Crippen molar-refractivity contribution in [2.24, 2.45) is 0 Å². The number of aliphatic carboxylic acids is 1. The van der Waals surface area contributed by atoms with Crippen LogP contribution < -0.4 is 10.1 Å². The summed E-state index contributed by atoms with van der Waals surface area (Å²) < 4.78 is 6.66. The maximum atomic E-state index is 12.5. The molecule has 1 aromatic heterocycles. The first-order valence-electron chi connectivity index (χ1n) is 8.16. The highest BCUT2D eigenvalue weighted by molar-refractivity contribution is 5.96. The first kappa shape index (κ1) is 19.9. The van der Waals surface area contributed by atoms with Gasteiger partial charge < -0.3 is 15.2 Å². The molecule has 0 aliphatic carbocycles. The molecule has 1 heterocycles. The molecule has 0 radical (unpaired) electrons. The molecule has 0 fully saturated rings.